The highest BCUT2D eigenvalue weighted by molar-refractivity contribution is 4.82. The number of nitrogens with zero attached hydrogens (tertiary/aromatic N) is 2. The van der Waals surface area contributed by atoms with E-state index in [9.17, 15) is 0 Å². The van der Waals surface area contributed by atoms with Crippen LogP contribution >= 0.6 is 0 Å². The highest BCUT2D eigenvalue weighted by Crippen LogP contribution is 2.17. The molecule has 4 saturated carbocycles. The van der Waals surface area contributed by atoms with Crippen LogP contribution in [0.2, 0.25) is 0 Å². The second kappa shape index (κ2) is 168. The van der Waals surface area contributed by atoms with Crippen molar-refractivity contribution in [3.05, 3.63) is 0 Å². The van der Waals surface area contributed by atoms with E-state index in [1.165, 1.54) is 109 Å². The molecule has 8 atom stereocenters. The zero-order chi connectivity index (χ0) is 106. The highest BCUT2D eigenvalue weighted by Gasteiger charge is 2.19. The first-order valence-corrected chi connectivity index (χ1v) is 53.1. The topological polar surface area (TPSA) is 942 Å². The summed E-state index contributed by atoms with van der Waals surface area (Å²) >= 11 is 0. The van der Waals surface area contributed by atoms with Gasteiger partial charge in [-0.05, 0) is 294 Å². The lowest BCUT2D eigenvalue weighted by Crippen LogP contribution is -2.43. The number of hydrogen-bond donors (Lipinski definition) is 40. The molecule has 0 spiro atoms. The first-order chi connectivity index (χ1) is 66.4. The molecule has 0 amide bonds. The van der Waals surface area contributed by atoms with E-state index in [1.807, 2.05) is 28.2 Å². The van der Waals surface area contributed by atoms with Crippen molar-refractivity contribution in [2.75, 3.05) is 330 Å². The van der Waals surface area contributed by atoms with E-state index >= 15 is 0 Å². The predicted molar refractivity (Wildman–Crippen MR) is 600 cm³/mol. The molecule has 0 bridgehead atoms. The Bertz CT molecular complexity index is 1590. The Balaban J connectivity index is -0.000000109. The minimum absolute atomic E-state index is 0.233. The third-order valence-corrected chi connectivity index (χ3v) is 19.9. The molecule has 0 aromatic rings. The lowest BCUT2D eigenvalue weighted by molar-refractivity contribution is 0.0538. The van der Waals surface area contributed by atoms with Crippen molar-refractivity contribution >= 4 is 0 Å². The molecule has 44 heteroatoms. The normalized spacial score (nSPS) is 16.9. The van der Waals surface area contributed by atoms with Gasteiger partial charge in [0.15, 0.2) is 0 Å². The first kappa shape index (κ1) is 163. The largest absolute Gasteiger partial charge is 0.396 e. The van der Waals surface area contributed by atoms with Crippen molar-refractivity contribution in [2.45, 2.75) is 273 Å². The second-order valence-electron chi connectivity index (χ2n) is 33.5. The van der Waals surface area contributed by atoms with Crippen LogP contribution in [0.4, 0.5) is 0 Å². The summed E-state index contributed by atoms with van der Waals surface area (Å²) < 4.78 is 10.1. The monoisotopic (exact) mass is 1990 g/mol. The van der Waals surface area contributed by atoms with Gasteiger partial charge in [0.05, 0.1) is 33.0 Å². The van der Waals surface area contributed by atoms with E-state index < -0.39 is 0 Å². The Morgan fingerprint density at radius 1 is 0.219 bits per heavy atom. The van der Waals surface area contributed by atoms with Gasteiger partial charge >= 0.3 is 0 Å². The van der Waals surface area contributed by atoms with Crippen LogP contribution in [0.1, 0.15) is 225 Å². The molecule has 4 rings (SSSR count). The summed E-state index contributed by atoms with van der Waals surface area (Å²) in [6.45, 7) is 36.1. The molecule has 0 heterocycles. The Morgan fingerprint density at radius 3 is 0.672 bits per heavy atom. The minimum atomic E-state index is 0.233. The maximum absolute atomic E-state index is 8.39. The number of hydrogen-bond acceptors (Lipinski definition) is 44. The molecule has 0 saturated heterocycles. The van der Waals surface area contributed by atoms with Crippen molar-refractivity contribution in [1.82, 2.24) is 52.3 Å². The van der Waals surface area contributed by atoms with Crippen molar-refractivity contribution in [3.8, 4) is 0 Å². The maximum Gasteiger partial charge on any atom is 0.0701 e. The van der Waals surface area contributed by atoms with Crippen molar-refractivity contribution in [2.24, 2.45) is 172 Å². The van der Waals surface area contributed by atoms with E-state index in [1.54, 1.807) is 0 Å². The summed E-state index contributed by atoms with van der Waals surface area (Å²) in [5.74, 6) is 0. The van der Waals surface area contributed by atoms with Crippen LogP contribution in [-0.4, -0.2) is 398 Å². The number of nitrogens with one attached hydrogen (secondary N) is 8. The number of unbranched alkanes of at least 4 members (excludes halogenated alkanes) is 10. The summed E-state index contributed by atoms with van der Waals surface area (Å²) in [6, 6.07) is 2.46. The number of rotatable bonds is 64. The Hall–Kier alpha value is -1.76. The predicted octanol–water partition coefficient (Wildman–Crippen LogP) is -7.96. The number of aliphatic hydroxyl groups excluding tert-OH is 2. The van der Waals surface area contributed by atoms with Gasteiger partial charge in [-0.15, -0.1) is 0 Å². The van der Waals surface area contributed by atoms with Gasteiger partial charge in [-0.3, -0.25) is 4.90 Å². The van der Waals surface area contributed by atoms with Crippen LogP contribution in [0.5, 0.6) is 0 Å². The molecule has 70 N–H and O–H groups in total. The van der Waals surface area contributed by atoms with Crippen LogP contribution in [0, 0.1) is 0 Å². The minimum Gasteiger partial charge on any atom is -0.396 e. The quantitative estimate of drug-likeness (QED) is 0.0252. The van der Waals surface area contributed by atoms with Crippen LogP contribution in [0.15, 0.2) is 0 Å². The fraction of sp³-hybridized carbons (Fsp3) is 1.00. The number of likely N-dealkylation sites (N-methyl/N-ethyl adjacent to an activating group) is 1. The van der Waals surface area contributed by atoms with Crippen molar-refractivity contribution in [1.29, 1.82) is 0 Å². The molecule has 0 radical (unpaired) electrons. The molecule has 4 aliphatic carbocycles. The molecule has 0 aliphatic heterocycles. The lowest BCUT2D eigenvalue weighted by atomic mass is 9.92. The molecule has 4 aliphatic rings. The molecular weight excluding hydrogens is 1740 g/mol. The van der Waals surface area contributed by atoms with Gasteiger partial charge in [-0.2, -0.15) is 0 Å². The molecule has 0 aromatic carbocycles. The van der Waals surface area contributed by atoms with E-state index in [0.29, 0.717) is 117 Å². The summed E-state index contributed by atoms with van der Waals surface area (Å²) in [5.41, 5.74) is 160. The average Bonchev–Trinajstić information content (AvgIpc) is 0.948. The standard InChI is InChI=1S/C10H25N3.C7H19N3.C7H18N2O.C6H18N4.C6H16N2O2.4C6H14N2.2C5H15N3.C5H14N2.C5H13NO.C4H13N3.C4H12N2.C3H10N2.C2H8N2/c11-7-3-1-5-9-13-10-6-2-4-8-12;8-4-2-1-3-6-10-7-5-9;8-4-2-1-3-5-9-6-7-10;7-1-4-10(5-2-8)6-3-9;7-1-3-9-5-6-10-4-2-8;7-5-2-1-3-6(8)4-5;3*7-5-3-1-2-4-6(5)8;1-8(4-2-6)5-3-7;6-2-1-4-8-5-3-7;1-6-4-3-5-7-2;6-4-2-1-3-5-7;5-1-3-7-4-2-6;1-6-4-2-3-5;4-2-1-3-5;3-1-2-4/h13H,1-12H2;10H,1-9H2;9-10H,1-8H2;1-9H2;1-8H2;4*5-6H,1-4,7-8H2;2-7H2,1H3;8H,1-7H2;6-7H,3-5H2,1-2H3;2*7H,1-6H2;6H,2-5H2,1H3;1-5H2;1-4H2/t;;;;;;5-,6+;5-,6-;;;;;;;;;/m.......1........./s1. The molecule has 4 unspecified atom stereocenters. The highest BCUT2D eigenvalue weighted by atomic mass is 16.5. The molecule has 848 valence electrons. The SMILES string of the molecule is CN(CCN)CCN.CNCCCN.CNCCCNC.NC1CCCC(N)C1.NC1CCCCC1N.NCCCCCNCCCCCN.NCCCCCNCCN.NCCCCCNCCO.NCCCCCO.NCCCN.NCCCNCCN.NCCN.NCCN(CCN)CCN.NCCNCCN.NCCOCCOCCN.N[C@@H]1CCCC[C@@H]1N.N[C@@H]1CCCC[C@H]1N. The fourth-order valence-corrected chi connectivity index (χ4v) is 11.7. The molecule has 44 nitrogen and oxygen atoms in total. The van der Waals surface area contributed by atoms with Crippen LogP contribution in [0.3, 0.4) is 0 Å². The summed E-state index contributed by atoms with van der Waals surface area (Å²) in [7, 11) is 7.88. The molecule has 137 heavy (non-hydrogen) atoms. The van der Waals surface area contributed by atoms with Gasteiger partial charge in [0.25, 0.3) is 0 Å². The zero-order valence-corrected chi connectivity index (χ0v) is 89.8. The van der Waals surface area contributed by atoms with Gasteiger partial charge in [-0.1, -0.05) is 70.6 Å². The van der Waals surface area contributed by atoms with Crippen LogP contribution in [0.25, 0.3) is 0 Å². The average molecular weight is 2000 g/mol. The van der Waals surface area contributed by atoms with Gasteiger partial charge < -0.3 is 239 Å². The fourth-order valence-electron chi connectivity index (χ4n) is 11.7. The van der Waals surface area contributed by atoms with Gasteiger partial charge in [0.2, 0.25) is 0 Å². The van der Waals surface area contributed by atoms with Crippen LogP contribution < -0.4 is 215 Å². The summed E-state index contributed by atoms with van der Waals surface area (Å²) in [6.07, 6.45) is 40.7. The van der Waals surface area contributed by atoms with Crippen LogP contribution in [-0.2, 0) is 9.47 Å². The smallest absolute Gasteiger partial charge is 0.0701 e. The molecule has 0 aromatic heterocycles. The maximum atomic E-state index is 8.39. The van der Waals surface area contributed by atoms with E-state index in [0.717, 1.165) is 305 Å². The van der Waals surface area contributed by atoms with E-state index in [4.69, 9.17) is 192 Å². The van der Waals surface area contributed by atoms with Crippen molar-refractivity contribution in [3.63, 3.8) is 0 Å². The zero-order valence-electron chi connectivity index (χ0n) is 89.8. The van der Waals surface area contributed by atoms with E-state index in [2.05, 4.69) is 52.3 Å². The third-order valence-electron chi connectivity index (χ3n) is 19.9. The molecule has 4 fully saturated rings. The Labute approximate surface area is 842 Å². The Kier molecular flexibility index (Phi) is 200. The Morgan fingerprint density at radius 2 is 0.467 bits per heavy atom. The van der Waals surface area contributed by atoms with Gasteiger partial charge in [-0.25, -0.2) is 0 Å². The summed E-state index contributed by atoms with van der Waals surface area (Å²) in [5, 5.41) is 41.7. The summed E-state index contributed by atoms with van der Waals surface area (Å²) in [4.78, 5) is 4.28. The second-order valence-corrected chi connectivity index (χ2v) is 33.5. The number of aliphatic hydroxyl groups is 2. The van der Waals surface area contributed by atoms with Crippen molar-refractivity contribution < 1.29 is 19.7 Å². The van der Waals surface area contributed by atoms with E-state index in [-0.39, 0.29) is 42.9 Å². The number of ether oxygens (including phenoxy) is 2. The van der Waals surface area contributed by atoms with Gasteiger partial charge in [0, 0.05) is 205 Å². The third kappa shape index (κ3) is 193. The number of nitrogens with two attached hydrogens (primary N) is 30. The first-order valence-electron chi connectivity index (χ1n) is 53.1. The molecular formula is C93H252N40O4. The lowest BCUT2D eigenvalue weighted by Gasteiger charge is -2.24. The van der Waals surface area contributed by atoms with Gasteiger partial charge in [0.1, 0.15) is 0 Å².